The van der Waals surface area contributed by atoms with Crippen molar-refractivity contribution in [3.05, 3.63) is 145 Å². The Bertz CT molecular complexity index is 2120. The maximum absolute atomic E-state index is 6.47. The first-order chi connectivity index (χ1) is 22.5. The zero-order valence-electron chi connectivity index (χ0n) is 28.0. The second-order valence-corrected chi connectivity index (χ2v) is 14.5. The second-order valence-electron chi connectivity index (χ2n) is 14.5. The van der Waals surface area contributed by atoms with Crippen molar-refractivity contribution >= 4 is 40.4 Å². The van der Waals surface area contributed by atoms with Gasteiger partial charge in [0.1, 0.15) is 0 Å². The quantitative estimate of drug-likeness (QED) is 0.181. The summed E-state index contributed by atoms with van der Waals surface area (Å²) >= 11 is 0. The van der Waals surface area contributed by atoms with E-state index in [9.17, 15) is 0 Å². The summed E-state index contributed by atoms with van der Waals surface area (Å²) in [5.74, 6) is 0. The van der Waals surface area contributed by atoms with Crippen LogP contribution in [-0.4, -0.2) is 18.3 Å². The van der Waals surface area contributed by atoms with Crippen molar-refractivity contribution < 1.29 is 9.31 Å². The first-order valence-corrected chi connectivity index (χ1v) is 16.6. The fraction of sp³-hybridized carbons (Fsp3) is 0.209. The third kappa shape index (κ3) is 4.90. The van der Waals surface area contributed by atoms with Gasteiger partial charge in [0.25, 0.3) is 0 Å². The predicted molar refractivity (Wildman–Crippen MR) is 197 cm³/mol. The Labute approximate surface area is 278 Å². The molecule has 47 heavy (non-hydrogen) atoms. The first-order valence-electron chi connectivity index (χ1n) is 16.6. The van der Waals surface area contributed by atoms with E-state index < -0.39 is 18.3 Å². The summed E-state index contributed by atoms with van der Waals surface area (Å²) in [6, 6.07) is 48.5. The minimum absolute atomic E-state index is 0.122. The van der Waals surface area contributed by atoms with Crippen LogP contribution in [0.1, 0.15) is 52.7 Å². The molecule has 1 aliphatic carbocycles. The van der Waals surface area contributed by atoms with Crippen LogP contribution in [0.4, 0.5) is 17.1 Å². The summed E-state index contributed by atoms with van der Waals surface area (Å²) in [4.78, 5) is 2.38. The van der Waals surface area contributed by atoms with Crippen molar-refractivity contribution in [2.24, 2.45) is 0 Å². The molecule has 1 saturated heterocycles. The maximum atomic E-state index is 6.47. The molecule has 0 bridgehead atoms. The lowest BCUT2D eigenvalue weighted by molar-refractivity contribution is 0.00578. The number of benzene rings is 6. The standard InChI is InChI=1S/C43H40BNO2/c1-41(2)39-24-19-33(44-46-42(3,4)43(5,6)47-44)27-37(39)38-28-36(23-25-40(38)41)45(35-22-18-30-14-10-11-15-32(30)26-35)34-20-16-31(17-21-34)29-12-8-7-9-13-29/h7-28H,1-6H3. The Balaban J connectivity index is 1.25. The summed E-state index contributed by atoms with van der Waals surface area (Å²) < 4.78 is 12.9. The largest absolute Gasteiger partial charge is 0.494 e. The molecule has 0 saturated carbocycles. The fourth-order valence-electron chi connectivity index (χ4n) is 7.24. The zero-order chi connectivity index (χ0) is 32.6. The van der Waals surface area contributed by atoms with Gasteiger partial charge >= 0.3 is 7.12 Å². The maximum Gasteiger partial charge on any atom is 0.494 e. The molecule has 6 aromatic carbocycles. The van der Waals surface area contributed by atoms with Crippen LogP contribution in [0, 0.1) is 0 Å². The minimum atomic E-state index is -0.405. The molecule has 0 unspecified atom stereocenters. The molecule has 0 atom stereocenters. The molecule has 0 radical (unpaired) electrons. The predicted octanol–water partition coefficient (Wildman–Crippen LogP) is 10.6. The average Bonchev–Trinajstić information content (AvgIpc) is 3.44. The van der Waals surface area contributed by atoms with Crippen molar-refractivity contribution in [1.82, 2.24) is 0 Å². The van der Waals surface area contributed by atoms with Gasteiger partial charge < -0.3 is 14.2 Å². The van der Waals surface area contributed by atoms with Crippen molar-refractivity contribution in [1.29, 1.82) is 0 Å². The molecule has 0 N–H and O–H groups in total. The Morgan fingerprint density at radius 1 is 0.468 bits per heavy atom. The highest BCUT2D eigenvalue weighted by molar-refractivity contribution is 6.62. The van der Waals surface area contributed by atoms with Gasteiger partial charge in [0.05, 0.1) is 11.2 Å². The lowest BCUT2D eigenvalue weighted by Crippen LogP contribution is -2.41. The third-order valence-corrected chi connectivity index (χ3v) is 10.7. The van der Waals surface area contributed by atoms with Gasteiger partial charge in [0.15, 0.2) is 0 Å². The molecular formula is C43H40BNO2. The van der Waals surface area contributed by atoms with Crippen LogP contribution in [0.2, 0.25) is 0 Å². The molecule has 4 heteroatoms. The van der Waals surface area contributed by atoms with Crippen molar-refractivity contribution in [3.63, 3.8) is 0 Å². The Hall–Kier alpha value is -4.64. The average molecular weight is 614 g/mol. The van der Waals surface area contributed by atoms with Gasteiger partial charge in [-0.1, -0.05) is 111 Å². The van der Waals surface area contributed by atoms with Gasteiger partial charge in [0.2, 0.25) is 0 Å². The molecule has 232 valence electrons. The number of fused-ring (bicyclic) bond motifs is 4. The van der Waals surface area contributed by atoms with Gasteiger partial charge in [0, 0.05) is 22.5 Å². The van der Waals surface area contributed by atoms with Gasteiger partial charge in [-0.05, 0) is 114 Å². The van der Waals surface area contributed by atoms with E-state index in [1.54, 1.807) is 0 Å². The lowest BCUT2D eigenvalue weighted by Gasteiger charge is -2.32. The van der Waals surface area contributed by atoms with Crippen LogP contribution in [0.3, 0.4) is 0 Å². The molecule has 0 amide bonds. The number of hydrogen-bond donors (Lipinski definition) is 0. The molecule has 8 rings (SSSR count). The number of anilines is 3. The molecular weight excluding hydrogens is 573 g/mol. The lowest BCUT2D eigenvalue weighted by atomic mass is 9.76. The Morgan fingerprint density at radius 3 is 1.70 bits per heavy atom. The van der Waals surface area contributed by atoms with E-state index in [-0.39, 0.29) is 5.41 Å². The Kier molecular flexibility index (Phi) is 6.77. The van der Waals surface area contributed by atoms with E-state index >= 15 is 0 Å². The smallest absolute Gasteiger partial charge is 0.399 e. The first kappa shape index (κ1) is 29.7. The van der Waals surface area contributed by atoms with Crippen molar-refractivity contribution in [2.45, 2.75) is 58.2 Å². The van der Waals surface area contributed by atoms with Crippen LogP contribution in [0.5, 0.6) is 0 Å². The minimum Gasteiger partial charge on any atom is -0.399 e. The summed E-state index contributed by atoms with van der Waals surface area (Å²) in [7, 11) is -0.405. The SMILES string of the molecule is CC1(C)c2ccc(B3OC(C)(C)C(C)(C)O3)cc2-c2cc(N(c3ccc(-c4ccccc4)cc3)c3ccc4ccccc4c3)ccc21. The van der Waals surface area contributed by atoms with E-state index in [0.717, 1.165) is 22.5 Å². The summed E-state index contributed by atoms with van der Waals surface area (Å²) in [5, 5.41) is 2.45. The Morgan fingerprint density at radius 2 is 1.00 bits per heavy atom. The van der Waals surface area contributed by atoms with Gasteiger partial charge in [-0.2, -0.15) is 0 Å². The zero-order valence-corrected chi connectivity index (χ0v) is 28.0. The van der Waals surface area contributed by atoms with E-state index in [4.69, 9.17) is 9.31 Å². The molecule has 1 fully saturated rings. The van der Waals surface area contributed by atoms with Gasteiger partial charge in [-0.3, -0.25) is 0 Å². The van der Waals surface area contributed by atoms with Crippen LogP contribution >= 0.6 is 0 Å². The van der Waals surface area contributed by atoms with Crippen LogP contribution in [0.15, 0.2) is 133 Å². The summed E-state index contributed by atoms with van der Waals surface area (Å²) in [5.41, 5.74) is 11.1. The topological polar surface area (TPSA) is 21.7 Å². The molecule has 0 aromatic heterocycles. The van der Waals surface area contributed by atoms with E-state index in [1.165, 1.54) is 44.2 Å². The molecule has 3 nitrogen and oxygen atoms in total. The van der Waals surface area contributed by atoms with Gasteiger partial charge in [-0.15, -0.1) is 0 Å². The number of rotatable bonds is 5. The summed E-state index contributed by atoms with van der Waals surface area (Å²) in [6.45, 7) is 13.1. The highest BCUT2D eigenvalue weighted by Gasteiger charge is 2.52. The second kappa shape index (κ2) is 10.7. The van der Waals surface area contributed by atoms with Crippen LogP contribution in [0.25, 0.3) is 33.0 Å². The van der Waals surface area contributed by atoms with Crippen LogP contribution < -0.4 is 10.4 Å². The summed E-state index contributed by atoms with van der Waals surface area (Å²) in [6.07, 6.45) is 0. The normalized spacial score (nSPS) is 17.0. The monoisotopic (exact) mass is 613 g/mol. The van der Waals surface area contributed by atoms with E-state index in [0.29, 0.717) is 0 Å². The van der Waals surface area contributed by atoms with Crippen LogP contribution in [-0.2, 0) is 14.7 Å². The molecule has 6 aromatic rings. The van der Waals surface area contributed by atoms with E-state index in [2.05, 4.69) is 180 Å². The van der Waals surface area contributed by atoms with E-state index in [1.807, 2.05) is 0 Å². The molecule has 2 aliphatic rings. The number of nitrogens with zero attached hydrogens (tertiary/aromatic N) is 1. The molecule has 1 heterocycles. The third-order valence-electron chi connectivity index (χ3n) is 10.7. The van der Waals surface area contributed by atoms with Crippen molar-refractivity contribution in [2.75, 3.05) is 4.90 Å². The highest BCUT2D eigenvalue weighted by atomic mass is 16.7. The van der Waals surface area contributed by atoms with Crippen molar-refractivity contribution in [3.8, 4) is 22.3 Å². The fourth-order valence-corrected chi connectivity index (χ4v) is 7.24. The molecule has 0 spiro atoms. The molecule has 1 aliphatic heterocycles. The highest BCUT2D eigenvalue weighted by Crippen LogP contribution is 2.51. The number of hydrogen-bond acceptors (Lipinski definition) is 3. The van der Waals surface area contributed by atoms with Gasteiger partial charge in [-0.25, -0.2) is 0 Å².